The van der Waals surface area contributed by atoms with E-state index in [4.69, 9.17) is 0 Å². The second-order valence-corrected chi connectivity index (χ2v) is 7.01. The molecule has 26 heavy (non-hydrogen) atoms. The first kappa shape index (κ1) is 17.8. The highest BCUT2D eigenvalue weighted by Gasteiger charge is 2.13. The lowest BCUT2D eigenvalue weighted by atomic mass is 10.1. The van der Waals surface area contributed by atoms with Crippen LogP contribution in [0, 0.1) is 13.8 Å². The summed E-state index contributed by atoms with van der Waals surface area (Å²) in [5.74, 6) is -0.540. The van der Waals surface area contributed by atoms with Crippen molar-refractivity contribution in [2.75, 3.05) is 5.32 Å². The summed E-state index contributed by atoms with van der Waals surface area (Å²) < 4.78 is 0. The zero-order valence-electron chi connectivity index (χ0n) is 14.4. The van der Waals surface area contributed by atoms with Crippen LogP contribution >= 0.6 is 11.3 Å². The number of carbonyl (C=O) groups is 2. The largest absolute Gasteiger partial charge is 0.348 e. The van der Waals surface area contributed by atoms with Crippen molar-refractivity contribution in [2.45, 2.75) is 20.4 Å². The van der Waals surface area contributed by atoms with E-state index in [1.165, 1.54) is 11.3 Å². The number of benzene rings is 2. The Hall–Kier alpha value is -3.06. The van der Waals surface area contributed by atoms with E-state index in [0.717, 1.165) is 16.1 Å². The number of nitrogens with one attached hydrogen (secondary N) is 2. The molecule has 0 saturated carbocycles. The van der Waals surface area contributed by atoms with Crippen molar-refractivity contribution < 1.29 is 9.59 Å². The van der Waals surface area contributed by atoms with Gasteiger partial charge in [0.25, 0.3) is 11.8 Å². The molecule has 1 heterocycles. The molecule has 3 aromatic rings. The molecule has 1 aromatic heterocycles. The number of carbonyl (C=O) groups excluding carboxylic acids is 2. The number of amides is 2. The van der Waals surface area contributed by atoms with Gasteiger partial charge in [0, 0.05) is 17.8 Å². The highest BCUT2D eigenvalue weighted by atomic mass is 32.1. The molecule has 2 N–H and O–H groups in total. The maximum Gasteiger partial charge on any atom is 0.286 e. The zero-order chi connectivity index (χ0) is 18.5. The van der Waals surface area contributed by atoms with Gasteiger partial charge in [-0.1, -0.05) is 47.2 Å². The van der Waals surface area contributed by atoms with Crippen molar-refractivity contribution in [1.82, 2.24) is 15.5 Å². The molecule has 2 amide bonds. The highest BCUT2D eigenvalue weighted by molar-refractivity contribution is 7.13. The summed E-state index contributed by atoms with van der Waals surface area (Å²) in [6, 6.07) is 14.8. The molecule has 0 bridgehead atoms. The maximum atomic E-state index is 12.4. The number of hydrogen-bond acceptors (Lipinski definition) is 5. The summed E-state index contributed by atoms with van der Waals surface area (Å²) >= 11 is 1.22. The van der Waals surface area contributed by atoms with E-state index in [1.807, 2.05) is 31.2 Å². The van der Waals surface area contributed by atoms with Gasteiger partial charge in [0.05, 0.1) is 0 Å². The molecular formula is C19H18N4O2S. The van der Waals surface area contributed by atoms with Crippen molar-refractivity contribution >= 4 is 28.8 Å². The molecule has 0 aliphatic heterocycles. The van der Waals surface area contributed by atoms with Gasteiger partial charge in [0.15, 0.2) is 0 Å². The molecule has 0 saturated heterocycles. The predicted octanol–water partition coefficient (Wildman–Crippen LogP) is 3.34. The lowest BCUT2D eigenvalue weighted by Crippen LogP contribution is -2.23. The number of aromatic nitrogens is 2. The van der Waals surface area contributed by atoms with Crippen LogP contribution in [0.5, 0.6) is 0 Å². The zero-order valence-corrected chi connectivity index (χ0v) is 15.3. The minimum atomic E-state index is -0.340. The number of aryl methyl sites for hydroxylation is 2. The lowest BCUT2D eigenvalue weighted by molar-refractivity contribution is 0.0949. The molecule has 2 aromatic carbocycles. The summed E-state index contributed by atoms with van der Waals surface area (Å²) in [7, 11) is 0. The number of anilines is 1. The SMILES string of the molecule is Cc1cccc(CNC(=O)c2cccc(NC(=O)c3nnc(C)s3)c2)c1. The highest BCUT2D eigenvalue weighted by Crippen LogP contribution is 2.14. The quantitative estimate of drug-likeness (QED) is 0.725. The molecule has 0 aliphatic rings. The van der Waals surface area contributed by atoms with Crippen LogP contribution in [0.2, 0.25) is 0 Å². The summed E-state index contributed by atoms with van der Waals surface area (Å²) in [6.45, 7) is 4.24. The van der Waals surface area contributed by atoms with Crippen LogP contribution in [-0.2, 0) is 6.54 Å². The van der Waals surface area contributed by atoms with Crippen LogP contribution < -0.4 is 10.6 Å². The second-order valence-electron chi connectivity index (χ2n) is 5.83. The third-order valence-electron chi connectivity index (χ3n) is 3.64. The fraction of sp³-hybridized carbons (Fsp3) is 0.158. The van der Waals surface area contributed by atoms with Gasteiger partial charge in [0.1, 0.15) is 5.01 Å². The number of nitrogens with zero attached hydrogens (tertiary/aromatic N) is 2. The topological polar surface area (TPSA) is 84.0 Å². The van der Waals surface area contributed by atoms with E-state index in [0.29, 0.717) is 17.8 Å². The Bertz CT molecular complexity index is 952. The van der Waals surface area contributed by atoms with Crippen molar-refractivity contribution in [2.24, 2.45) is 0 Å². The Morgan fingerprint density at radius 1 is 1.00 bits per heavy atom. The maximum absolute atomic E-state index is 12.4. The third kappa shape index (κ3) is 4.52. The summed E-state index contributed by atoms with van der Waals surface area (Å²) in [5, 5.41) is 14.3. The van der Waals surface area contributed by atoms with Gasteiger partial charge in [-0.25, -0.2) is 0 Å². The first-order chi connectivity index (χ1) is 12.5. The molecular weight excluding hydrogens is 348 g/mol. The average Bonchev–Trinajstić information content (AvgIpc) is 3.06. The molecule has 7 heteroatoms. The first-order valence-electron chi connectivity index (χ1n) is 8.06. The van der Waals surface area contributed by atoms with E-state index in [1.54, 1.807) is 31.2 Å². The van der Waals surface area contributed by atoms with E-state index >= 15 is 0 Å². The molecule has 0 spiro atoms. The second kappa shape index (κ2) is 7.88. The van der Waals surface area contributed by atoms with Crippen molar-refractivity contribution in [1.29, 1.82) is 0 Å². The lowest BCUT2D eigenvalue weighted by Gasteiger charge is -2.08. The van der Waals surface area contributed by atoms with Gasteiger partial charge < -0.3 is 10.6 Å². The van der Waals surface area contributed by atoms with Gasteiger partial charge in [-0.2, -0.15) is 0 Å². The molecule has 0 fully saturated rings. The molecule has 0 atom stereocenters. The van der Waals surface area contributed by atoms with E-state index in [-0.39, 0.29) is 16.8 Å². The van der Waals surface area contributed by atoms with Crippen molar-refractivity contribution in [3.05, 3.63) is 75.2 Å². The average molecular weight is 366 g/mol. The van der Waals surface area contributed by atoms with Crippen LogP contribution in [0.15, 0.2) is 48.5 Å². The van der Waals surface area contributed by atoms with Crippen LogP contribution in [0.25, 0.3) is 0 Å². The van der Waals surface area contributed by atoms with Crippen LogP contribution in [0.3, 0.4) is 0 Å². The Labute approximate surface area is 155 Å². The predicted molar refractivity (Wildman–Crippen MR) is 101 cm³/mol. The van der Waals surface area contributed by atoms with E-state index < -0.39 is 0 Å². The van der Waals surface area contributed by atoms with Crippen molar-refractivity contribution in [3.63, 3.8) is 0 Å². The molecule has 0 unspecified atom stereocenters. The third-order valence-corrected chi connectivity index (χ3v) is 4.48. The summed E-state index contributed by atoms with van der Waals surface area (Å²) in [6.07, 6.45) is 0. The van der Waals surface area contributed by atoms with Crippen molar-refractivity contribution in [3.8, 4) is 0 Å². The number of rotatable bonds is 5. The van der Waals surface area contributed by atoms with Crippen LogP contribution in [0.4, 0.5) is 5.69 Å². The smallest absolute Gasteiger partial charge is 0.286 e. The molecule has 3 rings (SSSR count). The molecule has 6 nitrogen and oxygen atoms in total. The van der Waals surface area contributed by atoms with Gasteiger partial charge >= 0.3 is 0 Å². The Morgan fingerprint density at radius 3 is 2.54 bits per heavy atom. The standard InChI is InChI=1S/C19H18N4O2S/c1-12-5-3-6-14(9-12)11-20-17(24)15-7-4-8-16(10-15)21-18(25)19-23-22-13(2)26-19/h3-10H,11H2,1-2H3,(H,20,24)(H,21,25). The molecule has 132 valence electrons. The van der Waals surface area contributed by atoms with E-state index in [9.17, 15) is 9.59 Å². The van der Waals surface area contributed by atoms with Gasteiger partial charge in [-0.3, -0.25) is 9.59 Å². The molecule has 0 aliphatic carbocycles. The monoisotopic (exact) mass is 366 g/mol. The van der Waals surface area contributed by atoms with Gasteiger partial charge in [-0.05, 0) is 37.6 Å². The first-order valence-corrected chi connectivity index (χ1v) is 8.88. The van der Waals surface area contributed by atoms with Crippen LogP contribution in [0.1, 0.15) is 36.3 Å². The minimum absolute atomic E-state index is 0.200. The summed E-state index contributed by atoms with van der Waals surface area (Å²) in [4.78, 5) is 24.5. The van der Waals surface area contributed by atoms with Gasteiger partial charge in [-0.15, -0.1) is 10.2 Å². The normalized spacial score (nSPS) is 10.4. The Balaban J connectivity index is 1.64. The van der Waals surface area contributed by atoms with E-state index in [2.05, 4.69) is 20.8 Å². The summed E-state index contributed by atoms with van der Waals surface area (Å²) in [5.41, 5.74) is 3.19. The number of hydrogen-bond donors (Lipinski definition) is 2. The fourth-order valence-corrected chi connectivity index (χ4v) is 3.00. The fourth-order valence-electron chi connectivity index (χ4n) is 2.42. The Morgan fingerprint density at radius 2 is 1.81 bits per heavy atom. The minimum Gasteiger partial charge on any atom is -0.348 e. The van der Waals surface area contributed by atoms with Crippen LogP contribution in [-0.4, -0.2) is 22.0 Å². The Kier molecular flexibility index (Phi) is 5.38. The van der Waals surface area contributed by atoms with Gasteiger partial charge in [0.2, 0.25) is 5.01 Å². The molecule has 0 radical (unpaired) electrons.